The average Bonchev–Trinajstić information content (AvgIpc) is 2.74. The Bertz CT molecular complexity index is 593. The van der Waals surface area contributed by atoms with E-state index in [4.69, 9.17) is 16.3 Å². The lowest BCUT2D eigenvalue weighted by Gasteiger charge is -2.07. The maximum Gasteiger partial charge on any atom is 0.228 e. The predicted molar refractivity (Wildman–Crippen MR) is 75.9 cm³/mol. The molecule has 0 aliphatic rings. The first-order valence-corrected chi connectivity index (χ1v) is 6.23. The van der Waals surface area contributed by atoms with Crippen molar-refractivity contribution < 1.29 is 9.53 Å². The van der Waals surface area contributed by atoms with E-state index in [1.165, 1.54) is 0 Å². The first-order chi connectivity index (χ1) is 9.08. The van der Waals surface area contributed by atoms with Crippen LogP contribution in [0.4, 0.5) is 5.69 Å². The van der Waals surface area contributed by atoms with Gasteiger partial charge in [-0.3, -0.25) is 4.79 Å². The number of aryl methyl sites for hydroxylation is 1. The molecule has 1 aromatic heterocycles. The zero-order valence-electron chi connectivity index (χ0n) is 10.8. The molecule has 0 saturated heterocycles. The number of benzene rings is 1. The molecular formula is C14H15ClN2O2. The van der Waals surface area contributed by atoms with Gasteiger partial charge in [-0.25, -0.2) is 0 Å². The van der Waals surface area contributed by atoms with Crippen LogP contribution in [0, 0.1) is 6.92 Å². The monoisotopic (exact) mass is 278 g/mol. The van der Waals surface area contributed by atoms with E-state index < -0.39 is 0 Å². The van der Waals surface area contributed by atoms with Gasteiger partial charge in [0, 0.05) is 17.6 Å². The van der Waals surface area contributed by atoms with Gasteiger partial charge in [0.1, 0.15) is 5.75 Å². The fourth-order valence-corrected chi connectivity index (χ4v) is 2.06. The molecule has 0 spiro atoms. The van der Waals surface area contributed by atoms with Gasteiger partial charge in [0.25, 0.3) is 0 Å². The van der Waals surface area contributed by atoms with E-state index in [9.17, 15) is 4.79 Å². The Labute approximate surface area is 116 Å². The Morgan fingerprint density at radius 3 is 2.79 bits per heavy atom. The minimum atomic E-state index is -0.0831. The summed E-state index contributed by atoms with van der Waals surface area (Å²) < 4.78 is 5.05. The van der Waals surface area contributed by atoms with Gasteiger partial charge in [0.05, 0.1) is 18.6 Å². The van der Waals surface area contributed by atoms with Crippen molar-refractivity contribution in [3.63, 3.8) is 0 Å². The maximum absolute atomic E-state index is 11.9. The van der Waals surface area contributed by atoms with Crippen LogP contribution >= 0.6 is 11.6 Å². The van der Waals surface area contributed by atoms with E-state index in [1.54, 1.807) is 25.3 Å². The lowest BCUT2D eigenvalue weighted by Crippen LogP contribution is -2.13. The summed E-state index contributed by atoms with van der Waals surface area (Å²) >= 11 is 6.00. The van der Waals surface area contributed by atoms with Gasteiger partial charge in [0.15, 0.2) is 0 Å². The molecule has 2 N–H and O–H groups in total. The van der Waals surface area contributed by atoms with Crippen molar-refractivity contribution in [3.8, 4) is 5.75 Å². The second kappa shape index (κ2) is 5.80. The molecule has 1 amide bonds. The van der Waals surface area contributed by atoms with Crippen LogP contribution in [0.3, 0.4) is 0 Å². The van der Waals surface area contributed by atoms with Crippen molar-refractivity contribution in [1.29, 1.82) is 0 Å². The van der Waals surface area contributed by atoms with Crippen LogP contribution in [0.2, 0.25) is 5.02 Å². The van der Waals surface area contributed by atoms with Crippen molar-refractivity contribution in [2.24, 2.45) is 0 Å². The molecule has 0 aliphatic heterocycles. The number of H-pyrrole nitrogens is 1. The minimum absolute atomic E-state index is 0.0831. The quantitative estimate of drug-likeness (QED) is 0.902. The second-order valence-corrected chi connectivity index (χ2v) is 4.67. The Kier molecular flexibility index (Phi) is 4.12. The second-order valence-electron chi connectivity index (χ2n) is 4.27. The van der Waals surface area contributed by atoms with Gasteiger partial charge in [0.2, 0.25) is 5.91 Å². The van der Waals surface area contributed by atoms with E-state index >= 15 is 0 Å². The van der Waals surface area contributed by atoms with Crippen LogP contribution in [0.1, 0.15) is 11.3 Å². The molecule has 1 heterocycles. The molecule has 0 atom stereocenters. The molecule has 0 radical (unpaired) electrons. The van der Waals surface area contributed by atoms with Crippen molar-refractivity contribution in [3.05, 3.63) is 46.7 Å². The number of aromatic nitrogens is 1. The molecule has 5 heteroatoms. The third kappa shape index (κ3) is 3.51. The van der Waals surface area contributed by atoms with Crippen LogP contribution in [0.25, 0.3) is 0 Å². The van der Waals surface area contributed by atoms with Crippen molar-refractivity contribution >= 4 is 23.2 Å². The van der Waals surface area contributed by atoms with Gasteiger partial charge >= 0.3 is 0 Å². The zero-order chi connectivity index (χ0) is 13.8. The topological polar surface area (TPSA) is 54.1 Å². The number of methoxy groups -OCH3 is 1. The Hall–Kier alpha value is -1.94. The minimum Gasteiger partial charge on any atom is -0.495 e. The number of hydrogen-bond donors (Lipinski definition) is 2. The number of carbonyl (C=O) groups excluding carboxylic acids is 1. The number of carbonyl (C=O) groups is 1. The fraction of sp³-hybridized carbons (Fsp3) is 0.214. The van der Waals surface area contributed by atoms with Gasteiger partial charge in [-0.2, -0.15) is 0 Å². The maximum atomic E-state index is 11.9. The molecule has 4 nitrogen and oxygen atoms in total. The van der Waals surface area contributed by atoms with E-state index in [-0.39, 0.29) is 5.91 Å². The van der Waals surface area contributed by atoms with E-state index in [0.29, 0.717) is 22.9 Å². The van der Waals surface area contributed by atoms with Crippen LogP contribution in [0.15, 0.2) is 30.5 Å². The summed E-state index contributed by atoms with van der Waals surface area (Å²) in [6, 6.07) is 7.09. The number of nitrogens with one attached hydrogen (secondary N) is 2. The summed E-state index contributed by atoms with van der Waals surface area (Å²) in [6.07, 6.45) is 2.16. The van der Waals surface area contributed by atoms with Gasteiger partial charge in [-0.1, -0.05) is 11.6 Å². The lowest BCUT2D eigenvalue weighted by atomic mass is 10.2. The Morgan fingerprint density at radius 1 is 1.42 bits per heavy atom. The predicted octanol–water partition coefficient (Wildman–Crippen LogP) is 3.17. The molecule has 0 fully saturated rings. The summed E-state index contributed by atoms with van der Waals surface area (Å²) in [7, 11) is 1.55. The van der Waals surface area contributed by atoms with Crippen LogP contribution in [-0.2, 0) is 11.2 Å². The van der Waals surface area contributed by atoms with E-state index in [0.717, 1.165) is 11.3 Å². The highest BCUT2D eigenvalue weighted by atomic mass is 35.5. The molecule has 2 rings (SSSR count). The summed E-state index contributed by atoms with van der Waals surface area (Å²) in [5.41, 5.74) is 2.65. The smallest absolute Gasteiger partial charge is 0.228 e. The van der Waals surface area contributed by atoms with Crippen molar-refractivity contribution in [2.45, 2.75) is 13.3 Å². The molecule has 1 aromatic carbocycles. The fourth-order valence-electron chi connectivity index (χ4n) is 1.80. The van der Waals surface area contributed by atoms with Crippen molar-refractivity contribution in [1.82, 2.24) is 4.98 Å². The summed E-state index contributed by atoms with van der Waals surface area (Å²) in [5.74, 6) is 0.501. The lowest BCUT2D eigenvalue weighted by molar-refractivity contribution is -0.115. The Balaban J connectivity index is 2.00. The summed E-state index contributed by atoms with van der Waals surface area (Å²) in [4.78, 5) is 14.9. The first kappa shape index (κ1) is 13.5. The largest absolute Gasteiger partial charge is 0.495 e. The number of hydrogen-bond acceptors (Lipinski definition) is 2. The van der Waals surface area contributed by atoms with E-state index in [2.05, 4.69) is 10.3 Å². The summed E-state index contributed by atoms with van der Waals surface area (Å²) in [6.45, 7) is 1.95. The molecule has 2 aromatic rings. The van der Waals surface area contributed by atoms with Crippen LogP contribution in [0.5, 0.6) is 5.75 Å². The van der Waals surface area contributed by atoms with Gasteiger partial charge < -0.3 is 15.0 Å². The summed E-state index contributed by atoms with van der Waals surface area (Å²) in [5, 5.41) is 3.27. The standard InChI is InChI=1S/C14H15ClN2O2/c1-9-5-10(8-16-9)6-14(18)17-11-3-4-13(19-2)12(15)7-11/h3-5,7-8,16H,6H2,1-2H3,(H,17,18). The van der Waals surface area contributed by atoms with Gasteiger partial charge in [-0.05, 0) is 36.8 Å². The van der Waals surface area contributed by atoms with Crippen LogP contribution in [-0.4, -0.2) is 18.0 Å². The number of amides is 1. The average molecular weight is 279 g/mol. The number of anilines is 1. The molecule has 0 unspecified atom stereocenters. The van der Waals surface area contributed by atoms with Crippen molar-refractivity contribution in [2.75, 3.05) is 12.4 Å². The first-order valence-electron chi connectivity index (χ1n) is 5.86. The number of ether oxygens (including phenoxy) is 1. The number of aromatic amines is 1. The molecule has 19 heavy (non-hydrogen) atoms. The number of halogens is 1. The number of rotatable bonds is 4. The highest BCUT2D eigenvalue weighted by Crippen LogP contribution is 2.27. The SMILES string of the molecule is COc1ccc(NC(=O)Cc2c[nH]c(C)c2)cc1Cl. The Morgan fingerprint density at radius 2 is 2.21 bits per heavy atom. The third-order valence-electron chi connectivity index (χ3n) is 2.69. The molecule has 0 saturated carbocycles. The van der Waals surface area contributed by atoms with Gasteiger partial charge in [-0.15, -0.1) is 0 Å². The normalized spacial score (nSPS) is 10.3. The third-order valence-corrected chi connectivity index (χ3v) is 2.98. The highest BCUT2D eigenvalue weighted by molar-refractivity contribution is 6.32. The molecule has 0 aliphatic carbocycles. The van der Waals surface area contributed by atoms with E-state index in [1.807, 2.05) is 19.2 Å². The van der Waals surface area contributed by atoms with Crippen LogP contribution < -0.4 is 10.1 Å². The molecular weight excluding hydrogens is 264 g/mol. The molecule has 100 valence electrons. The highest BCUT2D eigenvalue weighted by Gasteiger charge is 2.07. The zero-order valence-corrected chi connectivity index (χ0v) is 11.5. The molecule has 0 bridgehead atoms.